The fourth-order valence-corrected chi connectivity index (χ4v) is 5.43. The number of methoxy groups -OCH3 is 1. The van der Waals surface area contributed by atoms with Gasteiger partial charge in [-0.1, -0.05) is 0 Å². The molecule has 1 fully saturated rings. The molecule has 19 heavy (non-hydrogen) atoms. The van der Waals surface area contributed by atoms with Crippen molar-refractivity contribution in [1.82, 2.24) is 3.56 Å². The maximum absolute atomic E-state index is 12.4. The molecule has 4 heteroatoms. The zero-order valence-corrected chi connectivity index (χ0v) is 12.9. The van der Waals surface area contributed by atoms with Crippen molar-refractivity contribution in [3.63, 3.8) is 0 Å². The summed E-state index contributed by atoms with van der Waals surface area (Å²) in [6.45, 7) is 0.941. The SMILES string of the molecule is COc1cccc2c(=O)n(CC3CCCCC3)[se]c12. The second-order valence-electron chi connectivity index (χ2n) is 5.30. The van der Waals surface area contributed by atoms with Crippen LogP contribution in [0.1, 0.15) is 32.1 Å². The average Bonchev–Trinajstić information content (AvgIpc) is 2.77. The van der Waals surface area contributed by atoms with Crippen molar-refractivity contribution in [3.8, 4) is 5.75 Å². The summed E-state index contributed by atoms with van der Waals surface area (Å²) in [6.07, 6.45) is 6.59. The van der Waals surface area contributed by atoms with E-state index in [4.69, 9.17) is 4.74 Å². The molecule has 0 N–H and O–H groups in total. The van der Waals surface area contributed by atoms with Gasteiger partial charge in [0.1, 0.15) is 0 Å². The van der Waals surface area contributed by atoms with Crippen molar-refractivity contribution in [3.05, 3.63) is 28.6 Å². The third-order valence-corrected chi connectivity index (χ3v) is 6.40. The third kappa shape index (κ3) is 2.52. The second-order valence-corrected chi connectivity index (χ2v) is 7.46. The van der Waals surface area contributed by atoms with Crippen LogP contribution >= 0.6 is 0 Å². The van der Waals surface area contributed by atoms with Crippen LogP contribution in [0.3, 0.4) is 0 Å². The zero-order chi connectivity index (χ0) is 13.2. The van der Waals surface area contributed by atoms with E-state index in [0.717, 1.165) is 21.9 Å². The molecule has 3 rings (SSSR count). The summed E-state index contributed by atoms with van der Waals surface area (Å²) in [5.74, 6) is 1.58. The molecule has 1 aliphatic rings. The Balaban J connectivity index is 1.95. The number of fused-ring (bicyclic) bond motifs is 1. The number of ether oxygens (including phenoxy) is 1. The number of benzene rings is 1. The molecule has 0 amide bonds. The van der Waals surface area contributed by atoms with Crippen LogP contribution in [0.5, 0.6) is 5.75 Å². The van der Waals surface area contributed by atoms with E-state index in [1.54, 1.807) is 7.11 Å². The molecule has 0 aliphatic heterocycles. The summed E-state index contributed by atoms with van der Waals surface area (Å²) in [4.78, 5) is 12.4. The molecule has 0 saturated heterocycles. The molecule has 102 valence electrons. The fourth-order valence-electron chi connectivity index (χ4n) is 2.95. The predicted octanol–water partition coefficient (Wildman–Crippen LogP) is 2.65. The van der Waals surface area contributed by atoms with Crippen LogP contribution in [0.25, 0.3) is 9.65 Å². The molecule has 2 aromatic rings. The Hall–Kier alpha value is -0.991. The molecular weight excluding hydrogens is 305 g/mol. The monoisotopic (exact) mass is 325 g/mol. The molecule has 0 bridgehead atoms. The van der Waals surface area contributed by atoms with Gasteiger partial charge in [-0.2, -0.15) is 0 Å². The van der Waals surface area contributed by atoms with Gasteiger partial charge in [-0.05, 0) is 0 Å². The molecule has 1 aromatic heterocycles. The Morgan fingerprint density at radius 2 is 2.11 bits per heavy atom. The molecule has 0 atom stereocenters. The third-order valence-electron chi connectivity index (χ3n) is 4.01. The van der Waals surface area contributed by atoms with Crippen molar-refractivity contribution in [2.75, 3.05) is 7.11 Å². The van der Waals surface area contributed by atoms with Gasteiger partial charge in [0.25, 0.3) is 0 Å². The van der Waals surface area contributed by atoms with Crippen LogP contribution in [0.15, 0.2) is 23.0 Å². The maximum atomic E-state index is 12.4. The molecule has 1 heterocycles. The van der Waals surface area contributed by atoms with Gasteiger partial charge in [0.15, 0.2) is 0 Å². The molecule has 0 spiro atoms. The van der Waals surface area contributed by atoms with Crippen LogP contribution in [0, 0.1) is 5.92 Å². The Bertz CT molecular complexity index is 623. The summed E-state index contributed by atoms with van der Waals surface area (Å²) in [5, 5.41) is 0.857. The topological polar surface area (TPSA) is 31.2 Å². The van der Waals surface area contributed by atoms with E-state index in [1.807, 2.05) is 18.2 Å². The molecule has 3 nitrogen and oxygen atoms in total. The van der Waals surface area contributed by atoms with Gasteiger partial charge in [-0.15, -0.1) is 0 Å². The number of hydrogen-bond acceptors (Lipinski definition) is 2. The first-order valence-electron chi connectivity index (χ1n) is 6.96. The van der Waals surface area contributed by atoms with Crippen LogP contribution in [-0.4, -0.2) is 25.4 Å². The zero-order valence-electron chi connectivity index (χ0n) is 11.2. The first-order chi connectivity index (χ1) is 9.29. The summed E-state index contributed by atoms with van der Waals surface area (Å²) < 4.78 is 8.57. The van der Waals surface area contributed by atoms with E-state index in [2.05, 4.69) is 3.56 Å². The molecule has 1 aromatic carbocycles. The number of nitrogens with zero attached hydrogens (tertiary/aromatic N) is 1. The van der Waals surface area contributed by atoms with E-state index >= 15 is 0 Å². The average molecular weight is 324 g/mol. The van der Waals surface area contributed by atoms with Gasteiger partial charge >= 0.3 is 119 Å². The first-order valence-corrected chi connectivity index (χ1v) is 8.58. The predicted molar refractivity (Wildman–Crippen MR) is 78.3 cm³/mol. The van der Waals surface area contributed by atoms with Crippen molar-refractivity contribution < 1.29 is 4.74 Å². The van der Waals surface area contributed by atoms with Crippen LogP contribution in [-0.2, 0) is 6.54 Å². The van der Waals surface area contributed by atoms with Crippen LogP contribution in [0.4, 0.5) is 0 Å². The van der Waals surface area contributed by atoms with E-state index in [0.29, 0.717) is 5.92 Å². The molecule has 0 radical (unpaired) electrons. The van der Waals surface area contributed by atoms with Gasteiger partial charge in [-0.25, -0.2) is 0 Å². The van der Waals surface area contributed by atoms with Crippen molar-refractivity contribution in [1.29, 1.82) is 0 Å². The molecular formula is C15H19NO2Se. The summed E-state index contributed by atoms with van der Waals surface area (Å²) in [7, 11) is 1.68. The molecule has 1 aliphatic carbocycles. The minimum atomic E-state index is 0.0937. The van der Waals surface area contributed by atoms with E-state index in [1.165, 1.54) is 32.1 Å². The van der Waals surface area contributed by atoms with E-state index in [-0.39, 0.29) is 20.3 Å². The first kappa shape index (κ1) is 13.0. The summed E-state index contributed by atoms with van der Waals surface area (Å²) in [5.41, 5.74) is 0.208. The van der Waals surface area contributed by atoms with Crippen molar-refractivity contribution in [2.24, 2.45) is 5.92 Å². The van der Waals surface area contributed by atoms with Crippen molar-refractivity contribution >= 4 is 24.4 Å². The van der Waals surface area contributed by atoms with Crippen molar-refractivity contribution in [2.45, 2.75) is 38.6 Å². The van der Waals surface area contributed by atoms with Gasteiger partial charge < -0.3 is 0 Å². The Morgan fingerprint density at radius 1 is 1.32 bits per heavy atom. The van der Waals surface area contributed by atoms with E-state index in [9.17, 15) is 4.79 Å². The Labute approximate surface area is 119 Å². The summed E-state index contributed by atoms with van der Waals surface area (Å²) >= 11 is 0.0937. The van der Waals surface area contributed by atoms with Crippen LogP contribution in [0.2, 0.25) is 0 Å². The normalized spacial score (nSPS) is 16.9. The van der Waals surface area contributed by atoms with Gasteiger partial charge in [0, 0.05) is 0 Å². The van der Waals surface area contributed by atoms with Crippen LogP contribution < -0.4 is 10.3 Å². The molecule has 1 saturated carbocycles. The second kappa shape index (κ2) is 5.56. The fraction of sp³-hybridized carbons (Fsp3) is 0.533. The minimum absolute atomic E-state index is 0.0937. The summed E-state index contributed by atoms with van der Waals surface area (Å²) in [6, 6.07) is 5.80. The number of rotatable bonds is 3. The van der Waals surface area contributed by atoms with Gasteiger partial charge in [-0.3, -0.25) is 0 Å². The number of hydrogen-bond donors (Lipinski definition) is 0. The Kier molecular flexibility index (Phi) is 3.81. The quantitative estimate of drug-likeness (QED) is 0.813. The molecule has 0 unspecified atom stereocenters. The van der Waals surface area contributed by atoms with Gasteiger partial charge in [0.2, 0.25) is 0 Å². The van der Waals surface area contributed by atoms with E-state index < -0.39 is 0 Å². The number of aromatic nitrogens is 1. The Morgan fingerprint density at radius 3 is 2.84 bits per heavy atom. The van der Waals surface area contributed by atoms with Gasteiger partial charge in [0.05, 0.1) is 0 Å². The standard InChI is InChI=1S/C15H19NO2Se/c1-18-13-9-5-8-12-14(13)19-16(15(12)17)10-11-6-3-2-4-7-11/h5,8-9,11H,2-4,6-7,10H2,1H3.